The highest BCUT2D eigenvalue weighted by molar-refractivity contribution is 6.06. The number of hydrogen-bond acceptors (Lipinski definition) is 4. The van der Waals surface area contributed by atoms with Crippen molar-refractivity contribution in [2.24, 2.45) is 5.73 Å². The minimum absolute atomic E-state index is 0.0366. The summed E-state index contributed by atoms with van der Waals surface area (Å²) in [6.07, 6.45) is 0. The van der Waals surface area contributed by atoms with Gasteiger partial charge in [0, 0.05) is 5.39 Å². The predicted octanol–water partition coefficient (Wildman–Crippen LogP) is -0.0832. The van der Waals surface area contributed by atoms with E-state index in [0.29, 0.717) is 10.8 Å². The molecular weight excluding hydrogens is 260 g/mol. The van der Waals surface area contributed by atoms with E-state index in [1.807, 2.05) is 0 Å². The number of carbonyl (C=O) groups is 2. The summed E-state index contributed by atoms with van der Waals surface area (Å²) >= 11 is 0. The maximum atomic E-state index is 12.2. The lowest BCUT2D eigenvalue weighted by Crippen LogP contribution is -2.53. The second-order valence-corrected chi connectivity index (χ2v) is 4.89. The van der Waals surface area contributed by atoms with Gasteiger partial charge in [0.25, 0.3) is 11.5 Å². The van der Waals surface area contributed by atoms with Crippen LogP contribution >= 0.6 is 0 Å². The number of fused-ring (bicyclic) bond motifs is 1. The van der Waals surface area contributed by atoms with Crippen molar-refractivity contribution in [2.45, 2.75) is 19.4 Å². The first kappa shape index (κ1) is 13.7. The van der Waals surface area contributed by atoms with Gasteiger partial charge in [-0.05, 0) is 19.9 Å². The summed E-state index contributed by atoms with van der Waals surface area (Å²) < 4.78 is 0. The smallest absolute Gasteiger partial charge is 0.273 e. The minimum atomic E-state index is -1.21. The molecule has 4 N–H and O–H groups in total. The van der Waals surface area contributed by atoms with Crippen LogP contribution < -0.4 is 16.6 Å². The number of aromatic nitrogens is 2. The Balaban J connectivity index is 2.49. The van der Waals surface area contributed by atoms with Crippen LogP contribution in [0, 0.1) is 0 Å². The van der Waals surface area contributed by atoms with Crippen LogP contribution in [0.4, 0.5) is 0 Å². The summed E-state index contributed by atoms with van der Waals surface area (Å²) in [6.45, 7) is 2.97. The zero-order chi connectivity index (χ0) is 14.9. The number of nitrogens with two attached hydrogens (primary N) is 1. The fourth-order valence-corrected chi connectivity index (χ4v) is 1.69. The molecule has 2 amide bonds. The molecule has 0 aliphatic heterocycles. The number of H-pyrrole nitrogens is 1. The quantitative estimate of drug-likeness (QED) is 0.725. The third-order valence-electron chi connectivity index (χ3n) is 2.95. The van der Waals surface area contributed by atoms with Crippen molar-refractivity contribution < 1.29 is 9.59 Å². The zero-order valence-electron chi connectivity index (χ0n) is 11.1. The highest BCUT2D eigenvalue weighted by atomic mass is 16.2. The summed E-state index contributed by atoms with van der Waals surface area (Å²) in [6, 6.07) is 6.58. The molecule has 1 aromatic carbocycles. The fraction of sp³-hybridized carbons (Fsp3) is 0.231. The lowest BCUT2D eigenvalue weighted by molar-refractivity contribution is -0.122. The number of carbonyl (C=O) groups excluding carboxylic acids is 2. The molecule has 1 aromatic heterocycles. The average Bonchev–Trinajstić information content (AvgIpc) is 2.38. The average molecular weight is 274 g/mol. The Labute approximate surface area is 114 Å². The van der Waals surface area contributed by atoms with Gasteiger partial charge in [-0.3, -0.25) is 14.4 Å². The molecule has 0 bridgehead atoms. The fourth-order valence-electron chi connectivity index (χ4n) is 1.69. The molecule has 0 saturated heterocycles. The van der Waals surface area contributed by atoms with E-state index in [0.717, 1.165) is 0 Å². The summed E-state index contributed by atoms with van der Waals surface area (Å²) in [5.41, 5.74) is 3.64. The molecule has 0 saturated carbocycles. The molecule has 7 nitrogen and oxygen atoms in total. The molecule has 1 heterocycles. The lowest BCUT2D eigenvalue weighted by atomic mass is 10.0. The van der Waals surface area contributed by atoms with E-state index in [9.17, 15) is 14.4 Å². The van der Waals surface area contributed by atoms with E-state index in [1.54, 1.807) is 24.3 Å². The van der Waals surface area contributed by atoms with Gasteiger partial charge in [-0.15, -0.1) is 0 Å². The Hall–Kier alpha value is -2.70. The van der Waals surface area contributed by atoms with Gasteiger partial charge in [-0.25, -0.2) is 5.10 Å². The molecule has 0 fully saturated rings. The monoisotopic (exact) mass is 274 g/mol. The van der Waals surface area contributed by atoms with Gasteiger partial charge < -0.3 is 11.1 Å². The predicted molar refractivity (Wildman–Crippen MR) is 73.1 cm³/mol. The molecule has 104 valence electrons. The summed E-state index contributed by atoms with van der Waals surface area (Å²) in [4.78, 5) is 35.0. The van der Waals surface area contributed by atoms with Crippen LogP contribution in [0.1, 0.15) is 24.3 Å². The number of amides is 2. The maximum absolute atomic E-state index is 12.2. The third kappa shape index (κ3) is 2.37. The summed E-state index contributed by atoms with van der Waals surface area (Å²) in [5, 5.41) is 9.25. The van der Waals surface area contributed by atoms with Crippen molar-refractivity contribution in [2.75, 3.05) is 0 Å². The summed E-state index contributed by atoms with van der Waals surface area (Å²) in [7, 11) is 0. The van der Waals surface area contributed by atoms with Crippen molar-refractivity contribution in [3.05, 3.63) is 40.3 Å². The topological polar surface area (TPSA) is 118 Å². The molecule has 0 radical (unpaired) electrons. The van der Waals surface area contributed by atoms with Crippen molar-refractivity contribution >= 4 is 22.6 Å². The van der Waals surface area contributed by atoms with Crippen LogP contribution in [-0.2, 0) is 4.79 Å². The van der Waals surface area contributed by atoms with Crippen molar-refractivity contribution in [1.82, 2.24) is 15.5 Å². The van der Waals surface area contributed by atoms with Crippen LogP contribution in [-0.4, -0.2) is 27.6 Å². The number of aromatic amines is 1. The first-order valence-electron chi connectivity index (χ1n) is 5.93. The largest absolute Gasteiger partial charge is 0.368 e. The molecule has 0 aliphatic rings. The van der Waals surface area contributed by atoms with E-state index in [1.165, 1.54) is 13.8 Å². The van der Waals surface area contributed by atoms with Gasteiger partial charge in [0.05, 0.1) is 5.39 Å². The van der Waals surface area contributed by atoms with Gasteiger partial charge in [-0.1, -0.05) is 18.2 Å². The SMILES string of the molecule is CC(C)(NC(=O)c1n[nH]c(=O)c2ccccc12)C(N)=O. The van der Waals surface area contributed by atoms with Gasteiger partial charge in [-0.2, -0.15) is 5.10 Å². The Morgan fingerprint density at radius 1 is 1.25 bits per heavy atom. The second-order valence-electron chi connectivity index (χ2n) is 4.89. The normalized spacial score (nSPS) is 11.3. The number of nitrogens with one attached hydrogen (secondary N) is 2. The highest BCUT2D eigenvalue weighted by Gasteiger charge is 2.28. The molecule has 0 unspecified atom stereocenters. The van der Waals surface area contributed by atoms with Crippen molar-refractivity contribution in [3.63, 3.8) is 0 Å². The van der Waals surface area contributed by atoms with E-state index in [4.69, 9.17) is 5.73 Å². The van der Waals surface area contributed by atoms with Gasteiger partial charge in [0.1, 0.15) is 5.54 Å². The Bertz CT molecular complexity index is 749. The lowest BCUT2D eigenvalue weighted by Gasteiger charge is -2.22. The molecular formula is C13H14N4O3. The molecule has 0 spiro atoms. The Morgan fingerprint density at radius 3 is 2.45 bits per heavy atom. The number of hydrogen-bond donors (Lipinski definition) is 3. The zero-order valence-corrected chi connectivity index (χ0v) is 11.1. The van der Waals surface area contributed by atoms with Crippen molar-refractivity contribution in [1.29, 1.82) is 0 Å². The molecule has 2 aromatic rings. The Kier molecular flexibility index (Phi) is 3.27. The second kappa shape index (κ2) is 4.76. The van der Waals surface area contributed by atoms with E-state index in [2.05, 4.69) is 15.5 Å². The van der Waals surface area contributed by atoms with E-state index < -0.39 is 17.4 Å². The molecule has 0 aliphatic carbocycles. The number of nitrogens with zero attached hydrogens (tertiary/aromatic N) is 1. The number of rotatable bonds is 3. The van der Waals surface area contributed by atoms with Gasteiger partial charge in [0.2, 0.25) is 5.91 Å². The molecule has 2 rings (SSSR count). The first-order chi connectivity index (χ1) is 9.33. The molecule has 7 heteroatoms. The van der Waals surface area contributed by atoms with Crippen LogP contribution in [0.5, 0.6) is 0 Å². The number of benzene rings is 1. The van der Waals surface area contributed by atoms with Crippen LogP contribution in [0.3, 0.4) is 0 Å². The van der Waals surface area contributed by atoms with Gasteiger partial charge in [0.15, 0.2) is 5.69 Å². The summed E-state index contributed by atoms with van der Waals surface area (Å²) in [5.74, 6) is -1.25. The maximum Gasteiger partial charge on any atom is 0.273 e. The standard InChI is InChI=1S/C13H14N4O3/c1-13(2,12(14)20)15-11(19)9-7-5-3-4-6-8(7)10(18)17-16-9/h3-6H,1-2H3,(H2,14,20)(H,15,19)(H,17,18). The van der Waals surface area contributed by atoms with Crippen molar-refractivity contribution in [3.8, 4) is 0 Å². The van der Waals surface area contributed by atoms with Crippen LogP contribution in [0.25, 0.3) is 10.8 Å². The minimum Gasteiger partial charge on any atom is -0.368 e. The molecule has 20 heavy (non-hydrogen) atoms. The third-order valence-corrected chi connectivity index (χ3v) is 2.95. The van der Waals surface area contributed by atoms with E-state index >= 15 is 0 Å². The molecule has 0 atom stereocenters. The van der Waals surface area contributed by atoms with Crippen LogP contribution in [0.2, 0.25) is 0 Å². The Morgan fingerprint density at radius 2 is 1.85 bits per heavy atom. The van der Waals surface area contributed by atoms with E-state index in [-0.39, 0.29) is 11.3 Å². The highest BCUT2D eigenvalue weighted by Crippen LogP contribution is 2.13. The van der Waals surface area contributed by atoms with Gasteiger partial charge >= 0.3 is 0 Å². The number of primary amides is 1. The first-order valence-corrected chi connectivity index (χ1v) is 5.93. The van der Waals surface area contributed by atoms with Crippen LogP contribution in [0.15, 0.2) is 29.1 Å².